The van der Waals surface area contributed by atoms with Gasteiger partial charge in [0.15, 0.2) is 0 Å². The lowest BCUT2D eigenvalue weighted by atomic mass is 10.1. The molecule has 0 atom stereocenters. The minimum absolute atomic E-state index is 0.795. The number of aromatic nitrogens is 3. The van der Waals surface area contributed by atoms with E-state index in [1.807, 2.05) is 12.3 Å². The first-order valence-corrected chi connectivity index (χ1v) is 6.62. The Labute approximate surface area is 115 Å². The van der Waals surface area contributed by atoms with Crippen LogP contribution in [-0.2, 0) is 6.54 Å². The van der Waals surface area contributed by atoms with Crippen LogP contribution in [-0.4, -0.2) is 15.2 Å². The number of nitrogens with one attached hydrogen (secondary N) is 3. The van der Waals surface area contributed by atoms with Crippen LogP contribution in [0, 0.1) is 0 Å². The van der Waals surface area contributed by atoms with Crippen molar-refractivity contribution in [2.75, 3.05) is 5.32 Å². The summed E-state index contributed by atoms with van der Waals surface area (Å²) in [6.45, 7) is 0.795. The molecule has 0 bridgehead atoms. The molecule has 4 rings (SSSR count). The number of para-hydroxylation sites is 1. The number of fused-ring (bicyclic) bond motifs is 2. The van der Waals surface area contributed by atoms with E-state index >= 15 is 0 Å². The summed E-state index contributed by atoms with van der Waals surface area (Å²) >= 11 is 0. The van der Waals surface area contributed by atoms with Crippen LogP contribution in [0.5, 0.6) is 0 Å². The van der Waals surface area contributed by atoms with E-state index < -0.39 is 0 Å². The third-order valence-corrected chi connectivity index (χ3v) is 3.60. The molecule has 0 aliphatic heterocycles. The van der Waals surface area contributed by atoms with E-state index in [0.29, 0.717) is 0 Å². The summed E-state index contributed by atoms with van der Waals surface area (Å²) in [4.78, 5) is 3.29. The second-order valence-corrected chi connectivity index (χ2v) is 4.89. The van der Waals surface area contributed by atoms with Gasteiger partial charge in [0, 0.05) is 34.7 Å². The molecule has 0 saturated carbocycles. The summed E-state index contributed by atoms with van der Waals surface area (Å²) in [5.41, 5.74) is 4.58. The smallest absolute Gasteiger partial charge is 0.0670 e. The Morgan fingerprint density at radius 3 is 3.00 bits per heavy atom. The van der Waals surface area contributed by atoms with Crippen LogP contribution >= 0.6 is 0 Å². The van der Waals surface area contributed by atoms with Crippen LogP contribution < -0.4 is 5.32 Å². The Morgan fingerprint density at radius 2 is 2.00 bits per heavy atom. The highest BCUT2D eigenvalue weighted by Gasteiger charge is 2.03. The normalized spacial score (nSPS) is 11.2. The summed E-state index contributed by atoms with van der Waals surface area (Å²) < 4.78 is 0. The van der Waals surface area contributed by atoms with Gasteiger partial charge in [-0.25, -0.2) is 0 Å². The molecule has 2 aromatic carbocycles. The van der Waals surface area contributed by atoms with Crippen molar-refractivity contribution in [3.05, 3.63) is 60.4 Å². The SMILES string of the molecule is c1ccc2c(CNc3ccc4cn[nH]c4c3)c[nH]c2c1. The van der Waals surface area contributed by atoms with Gasteiger partial charge in [-0.1, -0.05) is 18.2 Å². The maximum absolute atomic E-state index is 4.04. The van der Waals surface area contributed by atoms with E-state index in [9.17, 15) is 0 Å². The second-order valence-electron chi connectivity index (χ2n) is 4.89. The molecule has 0 unspecified atom stereocenters. The van der Waals surface area contributed by atoms with Gasteiger partial charge in [0.05, 0.1) is 11.7 Å². The Kier molecular flexibility index (Phi) is 2.45. The molecule has 0 spiro atoms. The largest absolute Gasteiger partial charge is 0.381 e. The Hall–Kier alpha value is -2.75. The molecule has 2 aromatic heterocycles. The molecule has 4 aromatic rings. The Balaban J connectivity index is 1.60. The maximum Gasteiger partial charge on any atom is 0.0670 e. The first-order chi connectivity index (χ1) is 9.90. The summed E-state index contributed by atoms with van der Waals surface area (Å²) in [6, 6.07) is 14.6. The second kappa shape index (κ2) is 4.42. The van der Waals surface area contributed by atoms with E-state index in [1.54, 1.807) is 0 Å². The molecule has 0 fully saturated rings. The van der Waals surface area contributed by atoms with Crippen LogP contribution in [0.15, 0.2) is 54.9 Å². The van der Waals surface area contributed by atoms with Crippen LogP contribution in [0.25, 0.3) is 21.8 Å². The molecule has 4 heteroatoms. The molecular formula is C16H14N4. The number of hydrogen-bond donors (Lipinski definition) is 3. The number of anilines is 1. The van der Waals surface area contributed by atoms with Gasteiger partial charge in [-0.05, 0) is 29.8 Å². The average molecular weight is 262 g/mol. The topological polar surface area (TPSA) is 56.5 Å². The van der Waals surface area contributed by atoms with E-state index in [-0.39, 0.29) is 0 Å². The summed E-state index contributed by atoms with van der Waals surface area (Å²) in [7, 11) is 0. The van der Waals surface area contributed by atoms with Gasteiger partial charge < -0.3 is 10.3 Å². The van der Waals surface area contributed by atoms with E-state index in [2.05, 4.69) is 63.1 Å². The Morgan fingerprint density at radius 1 is 1.05 bits per heavy atom. The molecular weight excluding hydrogens is 248 g/mol. The monoisotopic (exact) mass is 262 g/mol. The zero-order valence-corrected chi connectivity index (χ0v) is 10.9. The van der Waals surface area contributed by atoms with Crippen LogP contribution in [0.2, 0.25) is 0 Å². The molecule has 98 valence electrons. The first kappa shape index (κ1) is 11.1. The van der Waals surface area contributed by atoms with Gasteiger partial charge in [-0.3, -0.25) is 5.10 Å². The number of aromatic amines is 2. The van der Waals surface area contributed by atoms with Gasteiger partial charge in [0.1, 0.15) is 0 Å². The summed E-state index contributed by atoms with van der Waals surface area (Å²) in [5, 5.41) is 12.9. The standard InChI is InChI=1S/C16H14N4/c1-2-4-15-14(3-1)12(9-18-15)8-17-13-6-5-11-10-19-20-16(11)7-13/h1-7,9-10,17-18H,8H2,(H,19,20). The fourth-order valence-electron chi connectivity index (χ4n) is 2.52. The van der Waals surface area contributed by atoms with Crippen molar-refractivity contribution in [1.29, 1.82) is 0 Å². The van der Waals surface area contributed by atoms with Gasteiger partial charge in [0.25, 0.3) is 0 Å². The average Bonchev–Trinajstić information content (AvgIpc) is 3.11. The molecule has 0 saturated heterocycles. The van der Waals surface area contributed by atoms with Gasteiger partial charge in [-0.15, -0.1) is 0 Å². The van der Waals surface area contributed by atoms with Crippen LogP contribution in [0.3, 0.4) is 0 Å². The highest BCUT2D eigenvalue weighted by Crippen LogP contribution is 2.20. The molecule has 0 aliphatic carbocycles. The van der Waals surface area contributed by atoms with Crippen molar-refractivity contribution in [3.8, 4) is 0 Å². The van der Waals surface area contributed by atoms with Gasteiger partial charge >= 0.3 is 0 Å². The van der Waals surface area contributed by atoms with E-state index in [4.69, 9.17) is 0 Å². The quantitative estimate of drug-likeness (QED) is 0.528. The summed E-state index contributed by atoms with van der Waals surface area (Å²) in [6.07, 6.45) is 3.89. The highest BCUT2D eigenvalue weighted by atomic mass is 15.1. The minimum Gasteiger partial charge on any atom is -0.381 e. The maximum atomic E-state index is 4.04. The zero-order valence-electron chi connectivity index (χ0n) is 10.9. The molecule has 0 amide bonds. The zero-order chi connectivity index (χ0) is 13.4. The van der Waals surface area contributed by atoms with Crippen molar-refractivity contribution >= 4 is 27.5 Å². The van der Waals surface area contributed by atoms with Crippen LogP contribution in [0.1, 0.15) is 5.56 Å². The lowest BCUT2D eigenvalue weighted by Crippen LogP contribution is -1.98. The predicted molar refractivity (Wildman–Crippen MR) is 81.7 cm³/mol. The number of hydrogen-bond acceptors (Lipinski definition) is 2. The lowest BCUT2D eigenvalue weighted by Gasteiger charge is -2.05. The van der Waals surface area contributed by atoms with Crippen molar-refractivity contribution in [1.82, 2.24) is 15.2 Å². The van der Waals surface area contributed by atoms with Gasteiger partial charge in [0.2, 0.25) is 0 Å². The van der Waals surface area contributed by atoms with E-state index in [0.717, 1.165) is 23.1 Å². The Bertz CT molecular complexity index is 872. The first-order valence-electron chi connectivity index (χ1n) is 6.62. The minimum atomic E-state index is 0.795. The fraction of sp³-hybridized carbons (Fsp3) is 0.0625. The van der Waals surface area contributed by atoms with Crippen molar-refractivity contribution < 1.29 is 0 Å². The summed E-state index contributed by atoms with van der Waals surface area (Å²) in [5.74, 6) is 0. The number of rotatable bonds is 3. The van der Waals surface area contributed by atoms with Crippen molar-refractivity contribution in [2.45, 2.75) is 6.54 Å². The van der Waals surface area contributed by atoms with Crippen LogP contribution in [0.4, 0.5) is 5.69 Å². The van der Waals surface area contributed by atoms with Crippen molar-refractivity contribution in [2.24, 2.45) is 0 Å². The fourth-order valence-corrected chi connectivity index (χ4v) is 2.52. The van der Waals surface area contributed by atoms with E-state index in [1.165, 1.54) is 16.5 Å². The molecule has 0 aliphatic rings. The lowest BCUT2D eigenvalue weighted by molar-refractivity contribution is 1.12. The third-order valence-electron chi connectivity index (χ3n) is 3.60. The van der Waals surface area contributed by atoms with Gasteiger partial charge in [-0.2, -0.15) is 5.10 Å². The molecule has 3 N–H and O–H groups in total. The number of nitrogens with zero attached hydrogens (tertiary/aromatic N) is 1. The predicted octanol–water partition coefficient (Wildman–Crippen LogP) is 3.66. The molecule has 0 radical (unpaired) electrons. The number of benzene rings is 2. The number of H-pyrrole nitrogens is 2. The third kappa shape index (κ3) is 1.82. The molecule has 2 heterocycles. The molecule has 4 nitrogen and oxygen atoms in total. The van der Waals surface area contributed by atoms with Crippen molar-refractivity contribution in [3.63, 3.8) is 0 Å². The molecule has 20 heavy (non-hydrogen) atoms. The highest BCUT2D eigenvalue weighted by molar-refractivity contribution is 5.84.